The number of unbranched alkanes of at least 4 members (excludes halogenated alkanes) is 2. The van der Waals surface area contributed by atoms with E-state index in [-0.39, 0.29) is 5.75 Å². The summed E-state index contributed by atoms with van der Waals surface area (Å²) in [6.45, 7) is 4.13. The lowest BCUT2D eigenvalue weighted by Gasteiger charge is -2.06. The topological polar surface area (TPSA) is 37.3 Å². The zero-order valence-corrected chi connectivity index (χ0v) is 12.0. The molecule has 100 valence electrons. The third kappa shape index (κ3) is 5.61. The third-order valence-corrected chi connectivity index (χ3v) is 4.13. The molecule has 0 aromatic heterocycles. The maximum Gasteiger partial charge on any atom is 0.0839 e. The first-order valence-corrected chi connectivity index (χ1v) is 7.75. The van der Waals surface area contributed by atoms with Crippen LogP contribution < -0.4 is 0 Å². The molecular weight excluding hydrogens is 244 g/mol. The van der Waals surface area contributed by atoms with Crippen LogP contribution in [0.1, 0.15) is 31.7 Å². The summed E-state index contributed by atoms with van der Waals surface area (Å²) in [4.78, 5) is 0.779. The smallest absolute Gasteiger partial charge is 0.0839 e. The van der Waals surface area contributed by atoms with E-state index >= 15 is 0 Å². The zero-order chi connectivity index (χ0) is 13.4. The minimum absolute atomic E-state index is 0.270. The second kappa shape index (κ2) is 8.22. The Morgan fingerprint density at radius 2 is 2.00 bits per heavy atom. The maximum atomic E-state index is 12.0. The second-order valence-electron chi connectivity index (χ2n) is 4.46. The largest absolute Gasteiger partial charge is 0.388 e. The minimum Gasteiger partial charge on any atom is -0.388 e. The molecule has 0 radical (unpaired) electrons. The van der Waals surface area contributed by atoms with Crippen LogP contribution in [0, 0.1) is 6.92 Å². The average molecular weight is 266 g/mol. The summed E-state index contributed by atoms with van der Waals surface area (Å²) in [5.74, 6) is 0.270. The van der Waals surface area contributed by atoms with Crippen LogP contribution in [0.4, 0.5) is 0 Å². The van der Waals surface area contributed by atoms with Gasteiger partial charge in [0, 0.05) is 4.90 Å². The van der Waals surface area contributed by atoms with Gasteiger partial charge in [-0.05, 0) is 25.5 Å². The fourth-order valence-corrected chi connectivity index (χ4v) is 2.63. The molecule has 0 heterocycles. The minimum atomic E-state index is -1.13. The number of hydrogen-bond acceptors (Lipinski definition) is 2. The number of aryl methyl sites for hydroxylation is 1. The van der Waals surface area contributed by atoms with Gasteiger partial charge in [-0.25, -0.2) is 0 Å². The predicted octanol–water partition coefficient (Wildman–Crippen LogP) is 3.21. The molecular formula is C15H22O2S. The molecule has 1 N–H and O–H groups in total. The summed E-state index contributed by atoms with van der Waals surface area (Å²) < 4.78 is 12.0. The third-order valence-electron chi connectivity index (χ3n) is 2.69. The molecule has 0 saturated carbocycles. The highest BCUT2D eigenvalue weighted by Gasteiger charge is 2.08. The van der Waals surface area contributed by atoms with E-state index in [9.17, 15) is 9.32 Å². The summed E-state index contributed by atoms with van der Waals surface area (Å²) in [5.41, 5.74) is 1.15. The van der Waals surface area contributed by atoms with Crippen LogP contribution in [0.5, 0.6) is 0 Å². The van der Waals surface area contributed by atoms with Crippen molar-refractivity contribution in [3.63, 3.8) is 0 Å². The van der Waals surface area contributed by atoms with Gasteiger partial charge in [-0.3, -0.25) is 4.21 Å². The van der Waals surface area contributed by atoms with Crippen molar-refractivity contribution >= 4 is 10.8 Å². The maximum absolute atomic E-state index is 12.0. The predicted molar refractivity (Wildman–Crippen MR) is 77.1 cm³/mol. The van der Waals surface area contributed by atoms with Crippen molar-refractivity contribution in [1.29, 1.82) is 0 Å². The van der Waals surface area contributed by atoms with E-state index in [0.29, 0.717) is 0 Å². The van der Waals surface area contributed by atoms with Gasteiger partial charge in [0.1, 0.15) is 0 Å². The Hall–Kier alpha value is -0.930. The van der Waals surface area contributed by atoms with Crippen molar-refractivity contribution in [2.45, 2.75) is 44.1 Å². The van der Waals surface area contributed by atoms with Gasteiger partial charge in [-0.2, -0.15) is 0 Å². The van der Waals surface area contributed by atoms with Crippen LogP contribution in [0.3, 0.4) is 0 Å². The van der Waals surface area contributed by atoms with Crippen LogP contribution in [-0.2, 0) is 10.8 Å². The summed E-state index contributed by atoms with van der Waals surface area (Å²) >= 11 is 0. The summed E-state index contributed by atoms with van der Waals surface area (Å²) in [6, 6.07) is 7.60. The van der Waals surface area contributed by atoms with E-state index in [0.717, 1.165) is 29.7 Å². The fraction of sp³-hybridized carbons (Fsp3) is 0.467. The molecule has 2 nitrogen and oxygen atoms in total. The Kier molecular flexibility index (Phi) is 6.91. The van der Waals surface area contributed by atoms with Gasteiger partial charge < -0.3 is 5.11 Å². The van der Waals surface area contributed by atoms with Crippen LogP contribution in [0.15, 0.2) is 41.3 Å². The van der Waals surface area contributed by atoms with Crippen LogP contribution in [0.25, 0.3) is 0 Å². The number of rotatable bonds is 7. The Morgan fingerprint density at radius 1 is 1.33 bits per heavy atom. The zero-order valence-electron chi connectivity index (χ0n) is 11.1. The lowest BCUT2D eigenvalue weighted by atomic mass is 10.2. The van der Waals surface area contributed by atoms with Crippen molar-refractivity contribution in [3.8, 4) is 0 Å². The molecule has 0 aliphatic heterocycles. The lowest BCUT2D eigenvalue weighted by molar-refractivity contribution is 0.247. The first kappa shape index (κ1) is 15.1. The van der Waals surface area contributed by atoms with E-state index in [4.69, 9.17) is 0 Å². The average Bonchev–Trinajstić information content (AvgIpc) is 2.35. The summed E-state index contributed by atoms with van der Waals surface area (Å²) in [6.07, 6.45) is 6.36. The Balaban J connectivity index is 2.44. The number of aliphatic hydroxyl groups is 1. The number of allylic oxidation sites excluding steroid dienone is 1. The quantitative estimate of drug-likeness (QED) is 0.608. The van der Waals surface area contributed by atoms with Crippen molar-refractivity contribution in [2.24, 2.45) is 0 Å². The highest BCUT2D eigenvalue weighted by Crippen LogP contribution is 2.10. The number of benzene rings is 1. The van der Waals surface area contributed by atoms with Gasteiger partial charge in [0.2, 0.25) is 0 Å². The fourth-order valence-electron chi connectivity index (χ4n) is 1.57. The summed E-state index contributed by atoms with van der Waals surface area (Å²) in [5, 5.41) is 9.75. The highest BCUT2D eigenvalue weighted by molar-refractivity contribution is 7.85. The monoisotopic (exact) mass is 266 g/mol. The molecule has 0 fully saturated rings. The van der Waals surface area contributed by atoms with E-state index in [1.807, 2.05) is 37.3 Å². The molecule has 0 saturated heterocycles. The van der Waals surface area contributed by atoms with Gasteiger partial charge in [-0.1, -0.05) is 49.6 Å². The molecule has 0 aliphatic rings. The molecule has 1 rings (SSSR count). The Morgan fingerprint density at radius 3 is 2.61 bits per heavy atom. The molecule has 1 unspecified atom stereocenters. The Labute approximate surface area is 112 Å². The van der Waals surface area contributed by atoms with E-state index in [1.165, 1.54) is 0 Å². The van der Waals surface area contributed by atoms with E-state index in [1.54, 1.807) is 6.08 Å². The highest BCUT2D eigenvalue weighted by atomic mass is 32.2. The molecule has 1 aromatic rings. The van der Waals surface area contributed by atoms with E-state index in [2.05, 4.69) is 6.92 Å². The molecule has 1 aromatic carbocycles. The summed E-state index contributed by atoms with van der Waals surface area (Å²) in [7, 11) is -1.13. The van der Waals surface area contributed by atoms with Crippen molar-refractivity contribution < 1.29 is 9.32 Å². The van der Waals surface area contributed by atoms with E-state index < -0.39 is 16.9 Å². The van der Waals surface area contributed by atoms with Crippen molar-refractivity contribution in [3.05, 3.63) is 42.0 Å². The normalized spacial score (nSPS) is 14.8. The number of aliphatic hydroxyl groups excluding tert-OH is 1. The van der Waals surface area contributed by atoms with Crippen molar-refractivity contribution in [2.75, 3.05) is 5.75 Å². The molecule has 3 heteroatoms. The van der Waals surface area contributed by atoms with Gasteiger partial charge >= 0.3 is 0 Å². The lowest BCUT2D eigenvalue weighted by Crippen LogP contribution is -2.14. The van der Waals surface area contributed by atoms with Gasteiger partial charge in [0.25, 0.3) is 0 Å². The van der Waals surface area contributed by atoms with Gasteiger partial charge in [0.15, 0.2) is 0 Å². The molecule has 0 amide bonds. The van der Waals surface area contributed by atoms with Crippen LogP contribution in [-0.4, -0.2) is 21.2 Å². The standard InChI is InChI=1S/C15H22O2S/c1-3-4-5-6-7-14(16)12-18(17)15-10-8-13(2)9-11-15/h6-11,14,16H,3-5,12H2,1-2H3/b7-6+/t14-,18?/m1/s1. The number of hydrogen-bond donors (Lipinski definition) is 1. The van der Waals surface area contributed by atoms with Crippen molar-refractivity contribution in [1.82, 2.24) is 0 Å². The molecule has 0 aliphatic carbocycles. The van der Waals surface area contributed by atoms with Gasteiger partial charge in [0.05, 0.1) is 22.7 Å². The second-order valence-corrected chi connectivity index (χ2v) is 5.96. The SMILES string of the molecule is CCCC/C=C/[C@@H](O)CS(=O)c1ccc(C)cc1. The van der Waals surface area contributed by atoms with Gasteiger partial charge in [-0.15, -0.1) is 0 Å². The Bertz CT molecular complexity index is 395. The molecule has 0 bridgehead atoms. The first-order valence-electron chi connectivity index (χ1n) is 6.43. The van der Waals surface area contributed by atoms with Crippen LogP contribution >= 0.6 is 0 Å². The molecule has 18 heavy (non-hydrogen) atoms. The molecule has 0 spiro atoms. The van der Waals surface area contributed by atoms with Crippen LogP contribution in [0.2, 0.25) is 0 Å². The first-order chi connectivity index (χ1) is 8.63. The molecule has 2 atom stereocenters.